The number of H-pyrrole nitrogens is 1. The molecule has 0 radical (unpaired) electrons. The summed E-state index contributed by atoms with van der Waals surface area (Å²) in [6.07, 6.45) is -1.09. The highest BCUT2D eigenvalue weighted by molar-refractivity contribution is 5.55. The van der Waals surface area contributed by atoms with Gasteiger partial charge < -0.3 is 0 Å². The molecular weight excluding hydrogens is 220 g/mol. The van der Waals surface area contributed by atoms with Crippen LogP contribution in [0.3, 0.4) is 0 Å². The number of hydrogen-bond donors (Lipinski definition) is 1. The average molecular weight is 234 g/mol. The zero-order chi connectivity index (χ0) is 16.9. The summed E-state index contributed by atoms with van der Waals surface area (Å²) >= 11 is 0. The fourth-order valence-corrected chi connectivity index (χ4v) is 1.35. The molecule has 17 heavy (non-hydrogen) atoms. The van der Waals surface area contributed by atoms with Crippen molar-refractivity contribution in [3.63, 3.8) is 0 Å². The second kappa shape index (κ2) is 3.48. The molecule has 0 bridgehead atoms. The minimum Gasteiger partial charge on any atom is -0.268 e. The molecule has 0 atom stereocenters. The first kappa shape index (κ1) is 5.17. The summed E-state index contributed by atoms with van der Waals surface area (Å²) in [5.41, 5.74) is -2.00. The van der Waals surface area contributed by atoms with Crippen LogP contribution >= 0.6 is 0 Å². The van der Waals surface area contributed by atoms with Gasteiger partial charge in [0.25, 0.3) is 5.56 Å². The number of aryl methyl sites for hydroxylation is 1. The van der Waals surface area contributed by atoms with Gasteiger partial charge in [0.05, 0.1) is 4.11 Å². The minimum absolute atomic E-state index is 0.202. The van der Waals surface area contributed by atoms with E-state index in [0.29, 0.717) is 4.40 Å². The number of nitrogens with one attached hydrogen (secondary N) is 1. The summed E-state index contributed by atoms with van der Waals surface area (Å²) in [7, 11) is 0. The molecule has 0 saturated carbocycles. The first-order chi connectivity index (χ1) is 10.7. The van der Waals surface area contributed by atoms with Gasteiger partial charge in [-0.1, -0.05) is 6.07 Å². The molecule has 0 fully saturated rings. The van der Waals surface area contributed by atoms with Crippen LogP contribution < -0.4 is 5.56 Å². The van der Waals surface area contributed by atoms with Crippen LogP contribution in [0.15, 0.2) is 29.2 Å². The minimum atomic E-state index is -2.66. The maximum absolute atomic E-state index is 12.6. The lowest BCUT2D eigenvalue weighted by molar-refractivity contribution is 0.881. The Balaban J connectivity index is 2.53. The molecule has 84 valence electrons. The molecule has 0 aliphatic carbocycles. The fourth-order valence-electron chi connectivity index (χ4n) is 1.35. The van der Waals surface area contributed by atoms with Crippen molar-refractivity contribution in [1.29, 1.82) is 0 Å². The molecule has 1 N–H and O–H groups in total. The number of aromatic nitrogens is 6. The molecule has 3 rings (SSSR count). The Labute approximate surface area is 104 Å². The highest BCUT2D eigenvalue weighted by Crippen LogP contribution is 2.09. The summed E-state index contributed by atoms with van der Waals surface area (Å²) in [6, 6.07) is 0.495. The quantitative estimate of drug-likeness (QED) is 0.649. The van der Waals surface area contributed by atoms with Gasteiger partial charge in [0.1, 0.15) is 11.2 Å². The molecule has 7 heteroatoms. The van der Waals surface area contributed by atoms with Gasteiger partial charge in [-0.15, -0.1) is 10.2 Å². The van der Waals surface area contributed by atoms with E-state index < -0.39 is 30.8 Å². The number of nitrogens with zero attached hydrogens (tertiary/aromatic N) is 5. The van der Waals surface area contributed by atoms with Crippen molar-refractivity contribution < 1.29 is 8.22 Å². The third kappa shape index (κ3) is 1.40. The van der Waals surface area contributed by atoms with Crippen molar-refractivity contribution in [2.45, 2.75) is 6.85 Å². The molecule has 0 amide bonds. The van der Waals surface area contributed by atoms with E-state index in [2.05, 4.69) is 25.6 Å². The zero-order valence-electron chi connectivity index (χ0n) is 14.2. The van der Waals surface area contributed by atoms with E-state index in [0.717, 1.165) is 6.07 Å². The highest BCUT2D eigenvalue weighted by atomic mass is 16.1. The predicted octanol–water partition coefficient (Wildman–Crippen LogP) is 0.183. The largest absolute Gasteiger partial charge is 0.269 e. The van der Waals surface area contributed by atoms with Crippen LogP contribution in [-0.2, 0) is 0 Å². The molecule has 3 aromatic heterocycles. The van der Waals surface area contributed by atoms with Crippen molar-refractivity contribution >= 4 is 5.65 Å². The average Bonchev–Trinajstić information content (AvgIpc) is 2.95. The Morgan fingerprint density at radius 2 is 2.53 bits per heavy atom. The van der Waals surface area contributed by atoms with E-state index in [4.69, 9.17) is 8.22 Å². The monoisotopic (exact) mass is 234 g/mol. The van der Waals surface area contributed by atoms with E-state index in [1.807, 2.05) is 0 Å². The molecular formula is C10H8N6O. The predicted molar refractivity (Wildman–Crippen MR) is 59.4 cm³/mol. The number of tetrazole rings is 1. The van der Waals surface area contributed by atoms with Gasteiger partial charge in [0.2, 0.25) is 5.82 Å². The summed E-state index contributed by atoms with van der Waals surface area (Å²) < 4.78 is 46.5. The highest BCUT2D eigenvalue weighted by Gasteiger charge is 2.11. The maximum atomic E-state index is 12.6. The van der Waals surface area contributed by atoms with Crippen molar-refractivity contribution in [3.05, 3.63) is 40.4 Å². The summed E-state index contributed by atoms with van der Waals surface area (Å²) in [5, 5.41) is 12.6. The topological polar surface area (TPSA) is 88.8 Å². The summed E-state index contributed by atoms with van der Waals surface area (Å²) in [5.74, 6) is -0.202. The Kier molecular flexibility index (Phi) is 1.06. The lowest BCUT2D eigenvalue weighted by atomic mass is 10.2. The van der Waals surface area contributed by atoms with Gasteiger partial charge in [0.15, 0.2) is 0 Å². The standard InChI is InChI=1S/C10H8N6O/c1-6-3-2-4-16-9(6)11-5-7(10(16)17)8-12-14-15-13-8/h2-5H,1H3,(H,12,13,14,15)/i1D3,2D,4D,5D. The van der Waals surface area contributed by atoms with E-state index in [-0.39, 0.29) is 22.6 Å². The van der Waals surface area contributed by atoms with Crippen LogP contribution in [0.2, 0.25) is 0 Å². The second-order valence-corrected chi connectivity index (χ2v) is 3.11. The lowest BCUT2D eigenvalue weighted by Gasteiger charge is -2.03. The van der Waals surface area contributed by atoms with Gasteiger partial charge in [-0.05, 0) is 23.7 Å². The zero-order valence-corrected chi connectivity index (χ0v) is 8.22. The Bertz CT molecular complexity index is 963. The van der Waals surface area contributed by atoms with Crippen LogP contribution in [-0.4, -0.2) is 30.0 Å². The number of rotatable bonds is 1. The SMILES string of the molecule is [2H]c1cc(C([2H])([2H])[2H])c2nc([2H])c(-c3nn[nH]n3)c(=O)n2c1[2H]. The fraction of sp³-hybridized carbons (Fsp3) is 0.100. The number of aromatic amines is 1. The van der Waals surface area contributed by atoms with E-state index in [9.17, 15) is 4.79 Å². The van der Waals surface area contributed by atoms with E-state index in [1.165, 1.54) is 0 Å². The van der Waals surface area contributed by atoms with Crippen LogP contribution in [0.25, 0.3) is 17.0 Å². The molecule has 0 unspecified atom stereocenters. The van der Waals surface area contributed by atoms with E-state index >= 15 is 0 Å². The Morgan fingerprint density at radius 3 is 3.29 bits per heavy atom. The van der Waals surface area contributed by atoms with Gasteiger partial charge >= 0.3 is 0 Å². The molecule has 3 heterocycles. The summed E-state index contributed by atoms with van der Waals surface area (Å²) in [4.78, 5) is 16.4. The van der Waals surface area contributed by atoms with Crippen molar-refractivity contribution in [2.24, 2.45) is 0 Å². The third-order valence-electron chi connectivity index (χ3n) is 2.11. The van der Waals surface area contributed by atoms with Crippen molar-refractivity contribution in [3.8, 4) is 11.4 Å². The number of pyridine rings is 1. The normalized spacial score (nSPS) is 16.7. The first-order valence-electron chi connectivity index (χ1n) is 7.49. The van der Waals surface area contributed by atoms with Gasteiger partial charge in [-0.25, -0.2) is 4.98 Å². The molecule has 0 saturated heterocycles. The van der Waals surface area contributed by atoms with Crippen LogP contribution in [0.5, 0.6) is 0 Å². The van der Waals surface area contributed by atoms with Gasteiger partial charge in [-0.2, -0.15) is 5.21 Å². The second-order valence-electron chi connectivity index (χ2n) is 3.11. The van der Waals surface area contributed by atoms with Crippen LogP contribution in [0.1, 0.15) is 13.8 Å². The molecule has 0 aromatic carbocycles. The van der Waals surface area contributed by atoms with Crippen molar-refractivity contribution in [2.75, 3.05) is 0 Å². The Morgan fingerprint density at radius 1 is 1.59 bits per heavy atom. The third-order valence-corrected chi connectivity index (χ3v) is 2.11. The molecule has 7 nitrogen and oxygen atoms in total. The lowest BCUT2D eigenvalue weighted by Crippen LogP contribution is -2.17. The van der Waals surface area contributed by atoms with Gasteiger partial charge in [-0.3, -0.25) is 9.20 Å². The number of fused-ring (bicyclic) bond motifs is 1. The molecule has 0 aliphatic heterocycles. The molecule has 0 aliphatic rings. The number of hydrogen-bond acceptors (Lipinski definition) is 5. The van der Waals surface area contributed by atoms with E-state index in [1.54, 1.807) is 0 Å². The Hall–Kier alpha value is -2.57. The maximum Gasteiger partial charge on any atom is 0.269 e. The van der Waals surface area contributed by atoms with Crippen LogP contribution in [0.4, 0.5) is 0 Å². The summed E-state index contributed by atoms with van der Waals surface area (Å²) in [6.45, 7) is -2.66. The molecule has 0 spiro atoms. The van der Waals surface area contributed by atoms with Gasteiger partial charge in [0, 0.05) is 16.5 Å². The van der Waals surface area contributed by atoms with Crippen molar-refractivity contribution in [1.82, 2.24) is 30.0 Å². The smallest absolute Gasteiger partial charge is 0.268 e. The first-order valence-corrected chi connectivity index (χ1v) is 4.49. The van der Waals surface area contributed by atoms with Crippen LogP contribution in [0, 0.1) is 6.85 Å². The molecule has 3 aromatic rings.